The molecule has 2 aliphatic heterocycles. The zero-order valence-corrected chi connectivity index (χ0v) is 10.2. The average molecular weight is 264 g/mol. The molecule has 0 amide bonds. The molecular formula is C12H8N8. The quantitative estimate of drug-likeness (QED) is 0.771. The first kappa shape index (κ1) is 10.7. The van der Waals surface area contributed by atoms with Crippen LogP contribution in [-0.4, -0.2) is 0 Å². The molecule has 0 saturated heterocycles. The van der Waals surface area contributed by atoms with E-state index < -0.39 is 0 Å². The van der Waals surface area contributed by atoms with E-state index >= 15 is 0 Å². The van der Waals surface area contributed by atoms with E-state index in [4.69, 9.17) is 0 Å². The van der Waals surface area contributed by atoms with E-state index in [-0.39, 0.29) is 0 Å². The first-order valence-corrected chi connectivity index (χ1v) is 5.94. The number of azo groups is 1. The Kier molecular flexibility index (Phi) is 2.25. The molecule has 0 saturated carbocycles. The molecule has 2 aliphatic rings. The van der Waals surface area contributed by atoms with Crippen LogP contribution in [0.1, 0.15) is 0 Å². The lowest BCUT2D eigenvalue weighted by Gasteiger charge is -1.98. The van der Waals surface area contributed by atoms with Crippen LogP contribution in [0.15, 0.2) is 79.7 Å². The molecule has 20 heavy (non-hydrogen) atoms. The van der Waals surface area contributed by atoms with Crippen molar-refractivity contribution in [2.75, 3.05) is 10.2 Å². The van der Waals surface area contributed by atoms with Gasteiger partial charge in [0.1, 0.15) is 0 Å². The van der Waals surface area contributed by atoms with E-state index in [1.165, 1.54) is 0 Å². The fraction of sp³-hybridized carbons (Fsp3) is 0. The number of hydrogen-bond donors (Lipinski definition) is 0. The highest BCUT2D eigenvalue weighted by Crippen LogP contribution is 2.28. The van der Waals surface area contributed by atoms with Crippen molar-refractivity contribution in [1.29, 1.82) is 0 Å². The van der Waals surface area contributed by atoms with Crippen LogP contribution in [0.5, 0.6) is 0 Å². The van der Waals surface area contributed by atoms with Gasteiger partial charge in [-0.2, -0.15) is 10.2 Å². The van der Waals surface area contributed by atoms with Gasteiger partial charge in [-0.3, -0.25) is 0 Å². The summed E-state index contributed by atoms with van der Waals surface area (Å²) < 4.78 is 0. The maximum absolute atomic E-state index is 4.17. The molecule has 0 radical (unpaired) electrons. The van der Waals surface area contributed by atoms with Crippen molar-refractivity contribution in [3.8, 4) is 0 Å². The van der Waals surface area contributed by atoms with E-state index in [0.717, 1.165) is 22.7 Å². The van der Waals surface area contributed by atoms with Crippen LogP contribution in [0.2, 0.25) is 0 Å². The molecule has 0 N–H and O–H groups in total. The summed E-state index contributed by atoms with van der Waals surface area (Å²) in [5, 5.41) is 26.3. The van der Waals surface area contributed by atoms with Crippen LogP contribution in [-0.2, 0) is 0 Å². The monoisotopic (exact) mass is 264 g/mol. The van der Waals surface area contributed by atoms with Gasteiger partial charge in [0, 0.05) is 0 Å². The Morgan fingerprint density at radius 3 is 1.20 bits per heavy atom. The second-order valence-corrected chi connectivity index (χ2v) is 4.17. The van der Waals surface area contributed by atoms with E-state index in [2.05, 4.69) is 31.1 Å². The van der Waals surface area contributed by atoms with Gasteiger partial charge in [0.2, 0.25) is 0 Å². The van der Waals surface area contributed by atoms with Crippen molar-refractivity contribution in [2.24, 2.45) is 31.1 Å². The van der Waals surface area contributed by atoms with Gasteiger partial charge in [-0.1, -0.05) is 0 Å². The topological polar surface area (TPSA) is 80.2 Å². The van der Waals surface area contributed by atoms with Crippen LogP contribution < -0.4 is 10.2 Å². The Hall–Kier alpha value is -3.16. The minimum atomic E-state index is 0.774. The minimum absolute atomic E-state index is 0.774. The molecule has 0 aliphatic carbocycles. The Balaban J connectivity index is 1.46. The maximum Gasteiger partial charge on any atom is 0.0894 e. The summed E-state index contributed by atoms with van der Waals surface area (Å²) in [7, 11) is 0. The van der Waals surface area contributed by atoms with Crippen molar-refractivity contribution in [2.45, 2.75) is 0 Å². The van der Waals surface area contributed by atoms with E-state index in [0.29, 0.717) is 0 Å². The molecule has 0 unspecified atom stereocenters. The van der Waals surface area contributed by atoms with Gasteiger partial charge in [0.05, 0.1) is 22.7 Å². The summed E-state index contributed by atoms with van der Waals surface area (Å²) in [6.07, 6.45) is 0. The second kappa shape index (κ2) is 4.19. The first-order valence-electron chi connectivity index (χ1n) is 5.94. The lowest BCUT2D eigenvalue weighted by molar-refractivity contribution is 1.21. The second-order valence-electron chi connectivity index (χ2n) is 4.17. The van der Waals surface area contributed by atoms with Gasteiger partial charge in [0.15, 0.2) is 0 Å². The SMILES string of the molecule is c1cc(N2N=N2)ccc1N=Nc1ccc(N2N=N2)cc1. The molecule has 2 aromatic carbocycles. The molecule has 8 heteroatoms. The lowest BCUT2D eigenvalue weighted by atomic mass is 10.3. The third kappa shape index (κ3) is 2.21. The third-order valence-electron chi connectivity index (χ3n) is 2.80. The number of nitrogens with zero attached hydrogens (tertiary/aromatic N) is 8. The highest BCUT2D eigenvalue weighted by atomic mass is 15.9. The van der Waals surface area contributed by atoms with Gasteiger partial charge in [-0.05, 0) is 69.4 Å². The number of hydrogen-bond acceptors (Lipinski definition) is 8. The van der Waals surface area contributed by atoms with E-state index in [1.54, 1.807) is 10.2 Å². The Morgan fingerprint density at radius 1 is 0.550 bits per heavy atom. The van der Waals surface area contributed by atoms with Crippen LogP contribution in [0.3, 0.4) is 0 Å². The summed E-state index contributed by atoms with van der Waals surface area (Å²) >= 11 is 0. The van der Waals surface area contributed by atoms with Crippen molar-refractivity contribution in [3.05, 3.63) is 48.5 Å². The van der Waals surface area contributed by atoms with Crippen molar-refractivity contribution < 1.29 is 0 Å². The molecule has 8 nitrogen and oxygen atoms in total. The fourth-order valence-corrected chi connectivity index (χ4v) is 1.67. The van der Waals surface area contributed by atoms with Crippen LogP contribution in [0.25, 0.3) is 0 Å². The van der Waals surface area contributed by atoms with Gasteiger partial charge in [-0.25, -0.2) is 0 Å². The molecule has 2 aromatic rings. The number of rotatable bonds is 4. The van der Waals surface area contributed by atoms with E-state index in [9.17, 15) is 0 Å². The zero-order valence-electron chi connectivity index (χ0n) is 10.2. The standard InChI is InChI=1S/C12H8N8/c1-5-11(19-15-16-19)6-2-9(1)13-14-10-3-7-12(8-4-10)20-17-18-20/h1-8H. The molecule has 0 bridgehead atoms. The molecule has 2 heterocycles. The van der Waals surface area contributed by atoms with Gasteiger partial charge in [0.25, 0.3) is 0 Å². The summed E-state index contributed by atoms with van der Waals surface area (Å²) in [6, 6.07) is 15.0. The average Bonchev–Trinajstić information content (AvgIpc) is 3.39. The van der Waals surface area contributed by atoms with Gasteiger partial charge >= 0.3 is 0 Å². The summed E-state index contributed by atoms with van der Waals surface area (Å²) in [6.45, 7) is 0. The highest BCUT2D eigenvalue weighted by molar-refractivity contribution is 5.54. The molecule has 0 fully saturated rings. The van der Waals surface area contributed by atoms with Crippen molar-refractivity contribution in [3.63, 3.8) is 0 Å². The van der Waals surface area contributed by atoms with Crippen molar-refractivity contribution >= 4 is 22.7 Å². The fourth-order valence-electron chi connectivity index (χ4n) is 1.67. The Labute approximate surface area is 113 Å². The largest absolute Gasteiger partial charge is 0.151 e. The number of benzene rings is 2. The van der Waals surface area contributed by atoms with Crippen LogP contribution >= 0.6 is 0 Å². The molecule has 0 aromatic heterocycles. The van der Waals surface area contributed by atoms with Crippen LogP contribution in [0, 0.1) is 0 Å². The van der Waals surface area contributed by atoms with Gasteiger partial charge < -0.3 is 0 Å². The molecule has 96 valence electrons. The smallest absolute Gasteiger partial charge is 0.0894 e. The summed E-state index contributed by atoms with van der Waals surface area (Å²) in [5.74, 6) is 0. The normalized spacial score (nSPS) is 15.2. The van der Waals surface area contributed by atoms with E-state index in [1.807, 2.05) is 48.5 Å². The number of anilines is 2. The molecule has 4 rings (SSSR count). The Bertz CT molecular complexity index is 641. The summed E-state index contributed by atoms with van der Waals surface area (Å²) in [4.78, 5) is 0. The highest BCUT2D eigenvalue weighted by Gasteiger charge is 2.13. The minimum Gasteiger partial charge on any atom is -0.151 e. The molecule has 0 spiro atoms. The predicted molar refractivity (Wildman–Crippen MR) is 71.7 cm³/mol. The summed E-state index contributed by atoms with van der Waals surface area (Å²) in [5.41, 5.74) is 3.38. The third-order valence-corrected chi connectivity index (χ3v) is 2.80. The maximum atomic E-state index is 4.17. The predicted octanol–water partition coefficient (Wildman–Crippen LogP) is 4.31. The Morgan fingerprint density at radius 2 is 0.900 bits per heavy atom. The first-order chi connectivity index (χ1) is 9.88. The van der Waals surface area contributed by atoms with Crippen LogP contribution in [0.4, 0.5) is 22.7 Å². The zero-order chi connectivity index (χ0) is 13.4. The lowest BCUT2D eigenvalue weighted by Crippen LogP contribution is -1.87. The van der Waals surface area contributed by atoms with Crippen molar-refractivity contribution in [1.82, 2.24) is 0 Å². The van der Waals surface area contributed by atoms with Gasteiger partial charge in [-0.15, -0.1) is 10.2 Å². The molecular weight excluding hydrogens is 256 g/mol. The molecule has 0 atom stereocenters.